The van der Waals surface area contributed by atoms with E-state index in [4.69, 9.17) is 28.4 Å². The molecule has 0 amide bonds. The van der Waals surface area contributed by atoms with Crippen LogP contribution >= 0.6 is 0 Å². The van der Waals surface area contributed by atoms with Crippen LogP contribution in [-0.2, 0) is 112 Å². The van der Waals surface area contributed by atoms with Crippen LogP contribution < -0.4 is 39.0 Å². The van der Waals surface area contributed by atoms with E-state index in [-0.39, 0.29) is 90.3 Å². The molecule has 0 radical (unpaired) electrons. The third-order valence-electron chi connectivity index (χ3n) is 16.3. The average Bonchev–Trinajstić information content (AvgIpc) is 3.99. The number of methoxy groups -OCH3 is 2. The van der Waals surface area contributed by atoms with E-state index < -0.39 is 68.1 Å². The molecule has 4 aliphatic carbocycles. The smallest absolute Gasteiger partial charge is 0.796 e. The van der Waals surface area contributed by atoms with E-state index in [9.17, 15) is 54.7 Å². The second-order valence-corrected chi connectivity index (χ2v) is 29.2. The third-order valence-corrected chi connectivity index (χ3v) is 22.6. The van der Waals surface area contributed by atoms with Crippen molar-refractivity contribution in [2.75, 3.05) is 68.2 Å². The van der Waals surface area contributed by atoms with Gasteiger partial charge in [0.05, 0.1) is 26.1 Å². The molecule has 20 nitrogen and oxygen atoms in total. The van der Waals surface area contributed by atoms with E-state index in [0.29, 0.717) is 59.3 Å². The molecule has 85 heavy (non-hydrogen) atoms. The second kappa shape index (κ2) is 31.2. The number of fused-ring (bicyclic) bond motifs is 4. The van der Waals surface area contributed by atoms with Crippen LogP contribution in [0, 0.1) is 35.5 Å². The van der Waals surface area contributed by atoms with Gasteiger partial charge in [-0.25, -0.2) is 26.4 Å². The zero-order valence-corrected chi connectivity index (χ0v) is 54.1. The number of rotatable bonds is 14. The monoisotopic (exact) mass is 1280 g/mol. The van der Waals surface area contributed by atoms with Gasteiger partial charge < -0.3 is 59.6 Å². The van der Waals surface area contributed by atoms with Gasteiger partial charge in [-0.3, -0.25) is 19.2 Å². The number of carbonyl (C=O) groups excluding carboxylic acids is 6. The Kier molecular flexibility index (Phi) is 25.1. The van der Waals surface area contributed by atoms with Crippen LogP contribution in [0.25, 0.3) is 21.5 Å². The SMILES string of the molecule is COC(=O)COc1ccc([S+]2CCCC2)c2ccccc12.COC(=O)COc1ccc([S+]2CCCC2)c2ccccc12.C[S-].O=C(CS(=O)(=O)[O-])OC1C2CC3CC(C2)C(=O)OC1C3.O=C(CS(=O)(=O)[O-])OC1C2CC3CC(C2)C(=O)OC1C3.[Na+]. The third kappa shape index (κ3) is 18.4. The second-order valence-electron chi connectivity index (χ2n) is 22.0. The summed E-state index contributed by atoms with van der Waals surface area (Å²) in [6.07, 6.45) is 10.5. The van der Waals surface area contributed by atoms with Crippen molar-refractivity contribution in [3.8, 4) is 11.5 Å². The van der Waals surface area contributed by atoms with Crippen molar-refractivity contribution in [3.05, 3.63) is 72.8 Å². The summed E-state index contributed by atoms with van der Waals surface area (Å²) in [5.41, 5.74) is 0. The number of carbonyl (C=O) groups is 6. The fourth-order valence-corrected chi connectivity index (χ4v) is 18.6. The molecule has 6 heterocycles. The molecule has 0 N–H and O–H groups in total. The summed E-state index contributed by atoms with van der Waals surface area (Å²) in [6, 6.07) is 24.9. The molecule has 10 aliphatic rings. The Bertz CT molecular complexity index is 3030. The molecule has 26 heteroatoms. The van der Waals surface area contributed by atoms with Crippen LogP contribution in [0.15, 0.2) is 82.6 Å². The molecule has 6 aliphatic heterocycles. The summed E-state index contributed by atoms with van der Waals surface area (Å²) in [4.78, 5) is 72.0. The molecular weight excluding hydrogens is 1210 g/mol. The molecule has 4 saturated carbocycles. The molecule has 10 atom stereocenters. The largest absolute Gasteiger partial charge is 1.00 e. The summed E-state index contributed by atoms with van der Waals surface area (Å²) in [6.45, 7) is -0.100. The number of hydrogen-bond acceptors (Lipinski definition) is 21. The van der Waals surface area contributed by atoms with E-state index in [1.807, 2.05) is 24.3 Å². The molecule has 6 saturated heterocycles. The van der Waals surface area contributed by atoms with Crippen molar-refractivity contribution >= 4 is 112 Å². The molecule has 8 bridgehead atoms. The summed E-state index contributed by atoms with van der Waals surface area (Å²) in [5.74, 6) is 1.53. The summed E-state index contributed by atoms with van der Waals surface area (Å²) in [5, 5.41) is 4.67. The molecule has 10 fully saturated rings. The molecule has 0 aromatic heterocycles. The number of hydrogen-bond donors (Lipinski definition) is 0. The van der Waals surface area contributed by atoms with Gasteiger partial charge in [0.2, 0.25) is 0 Å². The molecule has 0 spiro atoms. The summed E-state index contributed by atoms with van der Waals surface area (Å²) >= 11 is 4.08. The predicted molar refractivity (Wildman–Crippen MR) is 312 cm³/mol. The fourth-order valence-electron chi connectivity index (χ4n) is 12.9. The van der Waals surface area contributed by atoms with Gasteiger partial charge in [-0.15, -0.1) is 0 Å². The average molecular weight is 1280 g/mol. The van der Waals surface area contributed by atoms with Crippen LogP contribution in [0.2, 0.25) is 0 Å². The van der Waals surface area contributed by atoms with Gasteiger partial charge in [0.25, 0.3) is 0 Å². The quantitative estimate of drug-likeness (QED) is 0.0438. The molecule has 458 valence electrons. The van der Waals surface area contributed by atoms with Gasteiger partial charge in [0.1, 0.15) is 90.7 Å². The first-order valence-corrected chi connectivity index (χ1v) is 35.2. The van der Waals surface area contributed by atoms with Gasteiger partial charge >= 0.3 is 65.4 Å². The standard InChI is InChI=1S/2C17H19O3S.2C12H16O7S.CH4S.Na/c2*1-19-17(18)12-20-15-8-9-16(21-10-4-5-11-21)14-7-3-2-6-13(14)15;2*13-10(5-20(15,16)17)19-11-7-1-6-2-8(4-7)12(14)18-9(11)3-6;1-2;/h2*2-3,6-9H,4-5,10-12H2,1H3;2*6-9,11H,1-5H2,(H,15,16,17);2H,1H3;/q2*+1;;;;+1/p-3. The molecule has 10 unspecified atom stereocenters. The van der Waals surface area contributed by atoms with Gasteiger partial charge in [-0.1, -0.05) is 36.4 Å². The maximum absolute atomic E-state index is 11.8. The Morgan fingerprint density at radius 3 is 1.21 bits per heavy atom. The Balaban J connectivity index is 0.000000160. The summed E-state index contributed by atoms with van der Waals surface area (Å²) in [7, 11) is -5.84. The molecular formula is C59H71NaO20S5. The minimum absolute atomic E-state index is 0. The molecule has 14 rings (SSSR count). The number of benzene rings is 4. The Morgan fingerprint density at radius 2 is 0.871 bits per heavy atom. The Morgan fingerprint density at radius 1 is 0.518 bits per heavy atom. The first-order chi connectivity index (χ1) is 40.2. The Labute approximate surface area is 529 Å². The maximum Gasteiger partial charge on any atom is 1.00 e. The fraction of sp³-hybridized carbons (Fsp3) is 0.559. The topological polar surface area (TPSA) is 291 Å². The van der Waals surface area contributed by atoms with E-state index in [2.05, 4.69) is 70.6 Å². The van der Waals surface area contributed by atoms with E-state index in [0.717, 1.165) is 48.0 Å². The first-order valence-electron chi connectivity index (χ1n) is 28.1. The van der Waals surface area contributed by atoms with E-state index >= 15 is 0 Å². The van der Waals surface area contributed by atoms with Crippen LogP contribution in [0.1, 0.15) is 77.0 Å². The maximum atomic E-state index is 11.8. The van der Waals surface area contributed by atoms with Crippen molar-refractivity contribution < 1.29 is 122 Å². The molecule has 4 aromatic rings. The minimum Gasteiger partial charge on any atom is -0.796 e. The van der Waals surface area contributed by atoms with Gasteiger partial charge in [-0.05, 0) is 125 Å². The summed E-state index contributed by atoms with van der Waals surface area (Å²) < 4.78 is 105. The van der Waals surface area contributed by atoms with Crippen LogP contribution in [0.4, 0.5) is 0 Å². The van der Waals surface area contributed by atoms with Crippen LogP contribution in [0.5, 0.6) is 11.5 Å². The van der Waals surface area contributed by atoms with Crippen LogP contribution in [-0.4, -0.2) is 154 Å². The van der Waals surface area contributed by atoms with Crippen molar-refractivity contribution in [2.24, 2.45) is 35.5 Å². The van der Waals surface area contributed by atoms with Gasteiger partial charge in [0, 0.05) is 55.2 Å². The number of esters is 6. The van der Waals surface area contributed by atoms with E-state index in [1.165, 1.54) is 83.5 Å². The zero-order valence-electron chi connectivity index (χ0n) is 48.1. The van der Waals surface area contributed by atoms with Gasteiger partial charge in [-0.2, -0.15) is 6.26 Å². The van der Waals surface area contributed by atoms with Crippen molar-refractivity contribution in [3.63, 3.8) is 0 Å². The first kappa shape index (κ1) is 68.2. The van der Waals surface area contributed by atoms with Gasteiger partial charge in [0.15, 0.2) is 23.0 Å². The minimum atomic E-state index is -4.65. The van der Waals surface area contributed by atoms with E-state index in [1.54, 1.807) is 6.26 Å². The van der Waals surface area contributed by atoms with Crippen LogP contribution in [0.3, 0.4) is 0 Å². The van der Waals surface area contributed by atoms with Crippen molar-refractivity contribution in [1.29, 1.82) is 0 Å². The predicted octanol–water partition coefficient (Wildman–Crippen LogP) is 3.10. The van der Waals surface area contributed by atoms with Crippen molar-refractivity contribution in [1.82, 2.24) is 0 Å². The normalized spacial score (nSPS) is 26.1. The Hall–Kier alpha value is -4.31. The zero-order chi connectivity index (χ0) is 60.3. The molecule has 4 aromatic carbocycles. The number of ether oxygens (including phenoxy) is 8. The van der Waals surface area contributed by atoms with Crippen molar-refractivity contribution in [2.45, 2.75) is 111 Å².